The number of hydrogen-bond donors (Lipinski definition) is 2. The van der Waals surface area contributed by atoms with Crippen molar-refractivity contribution < 1.29 is 9.18 Å². The summed E-state index contributed by atoms with van der Waals surface area (Å²) in [5.74, 6) is 0.469. The van der Waals surface area contributed by atoms with Crippen LogP contribution in [-0.2, 0) is 30.7 Å². The highest BCUT2D eigenvalue weighted by atomic mass is 19.1. The van der Waals surface area contributed by atoms with Gasteiger partial charge in [-0.15, -0.1) is 0 Å². The Morgan fingerprint density at radius 1 is 1.23 bits per heavy atom. The summed E-state index contributed by atoms with van der Waals surface area (Å²) in [5.41, 5.74) is 1.76. The van der Waals surface area contributed by atoms with Crippen LogP contribution in [0, 0.1) is 5.82 Å². The van der Waals surface area contributed by atoms with Crippen LogP contribution in [0.3, 0.4) is 0 Å². The van der Waals surface area contributed by atoms with E-state index in [2.05, 4.69) is 20.6 Å². The van der Waals surface area contributed by atoms with Crippen molar-refractivity contribution in [3.05, 3.63) is 69.9 Å². The molecule has 0 saturated carbocycles. The van der Waals surface area contributed by atoms with Crippen molar-refractivity contribution in [1.29, 1.82) is 0 Å². The van der Waals surface area contributed by atoms with Crippen molar-refractivity contribution >= 4 is 5.91 Å². The number of H-pyrrole nitrogens is 1. The first-order chi connectivity index (χ1) is 14.6. The number of fused-ring (bicyclic) bond motifs is 1. The molecular weight excluding hydrogens is 387 g/mol. The van der Waals surface area contributed by atoms with Crippen LogP contribution in [0.1, 0.15) is 42.6 Å². The monoisotopic (exact) mass is 412 g/mol. The fourth-order valence-electron chi connectivity index (χ4n) is 3.81. The van der Waals surface area contributed by atoms with Gasteiger partial charge < -0.3 is 5.32 Å². The van der Waals surface area contributed by atoms with Crippen molar-refractivity contribution in [3.8, 4) is 0 Å². The van der Waals surface area contributed by atoms with Gasteiger partial charge in [-0.1, -0.05) is 12.1 Å². The van der Waals surface area contributed by atoms with Crippen molar-refractivity contribution in [2.45, 2.75) is 57.7 Å². The summed E-state index contributed by atoms with van der Waals surface area (Å²) in [5, 5.41) is 14.2. The SMILES string of the molecule is O=C(CCCc1cn[nH]c1)NC1CCc2nn(Cc3ccc(F)cc3)c(=O)n2CC1. The molecule has 0 radical (unpaired) electrons. The molecule has 1 amide bonds. The van der Waals surface area contributed by atoms with Gasteiger partial charge in [0, 0.05) is 31.6 Å². The number of nitrogens with one attached hydrogen (secondary N) is 2. The summed E-state index contributed by atoms with van der Waals surface area (Å²) >= 11 is 0. The maximum atomic E-state index is 13.1. The second-order valence-electron chi connectivity index (χ2n) is 7.69. The molecule has 2 aromatic heterocycles. The summed E-state index contributed by atoms with van der Waals surface area (Å²) in [7, 11) is 0. The fraction of sp³-hybridized carbons (Fsp3) is 0.429. The highest BCUT2D eigenvalue weighted by Gasteiger charge is 2.22. The fourth-order valence-corrected chi connectivity index (χ4v) is 3.81. The third-order valence-corrected chi connectivity index (χ3v) is 5.45. The number of carbonyl (C=O) groups is 1. The quantitative estimate of drug-likeness (QED) is 0.618. The number of aromatic nitrogens is 5. The predicted octanol–water partition coefficient (Wildman–Crippen LogP) is 1.80. The Morgan fingerprint density at radius 3 is 2.83 bits per heavy atom. The minimum Gasteiger partial charge on any atom is -0.353 e. The first-order valence-corrected chi connectivity index (χ1v) is 10.3. The highest BCUT2D eigenvalue weighted by Crippen LogP contribution is 2.13. The number of halogens is 1. The Kier molecular flexibility index (Phi) is 6.06. The Hall–Kier alpha value is -3.23. The zero-order valence-corrected chi connectivity index (χ0v) is 16.7. The molecule has 8 nitrogen and oxygen atoms in total. The lowest BCUT2D eigenvalue weighted by Crippen LogP contribution is -2.35. The second kappa shape index (κ2) is 9.06. The van der Waals surface area contributed by atoms with E-state index >= 15 is 0 Å². The average Bonchev–Trinajstić information content (AvgIpc) is 3.29. The molecule has 158 valence electrons. The van der Waals surface area contributed by atoms with Crippen LogP contribution in [0.5, 0.6) is 0 Å². The molecule has 0 spiro atoms. The molecule has 1 aliphatic heterocycles. The van der Waals surface area contributed by atoms with E-state index in [1.165, 1.54) is 16.8 Å². The molecule has 9 heteroatoms. The van der Waals surface area contributed by atoms with E-state index in [0.717, 1.165) is 36.2 Å². The number of carbonyl (C=O) groups excluding carboxylic acids is 1. The lowest BCUT2D eigenvalue weighted by atomic mass is 10.1. The molecule has 3 aromatic rings. The Bertz CT molecular complexity index is 1040. The van der Waals surface area contributed by atoms with Gasteiger partial charge in [-0.25, -0.2) is 13.9 Å². The van der Waals surface area contributed by atoms with E-state index < -0.39 is 0 Å². The minimum absolute atomic E-state index is 0.0387. The van der Waals surface area contributed by atoms with E-state index in [1.54, 1.807) is 22.9 Å². The number of aromatic amines is 1. The standard InChI is InChI=1S/C21H25FN6O2/c22-17-6-4-15(5-7-17)14-28-21(30)27-11-10-18(8-9-19(27)26-28)25-20(29)3-1-2-16-12-23-24-13-16/h4-7,12-13,18H,1-3,8-11,14H2,(H,23,24)(H,25,29). The van der Waals surface area contributed by atoms with Crippen LogP contribution >= 0.6 is 0 Å². The van der Waals surface area contributed by atoms with Crippen LogP contribution < -0.4 is 11.0 Å². The van der Waals surface area contributed by atoms with Gasteiger partial charge in [-0.2, -0.15) is 10.2 Å². The molecule has 0 fully saturated rings. The van der Waals surface area contributed by atoms with Gasteiger partial charge in [0.25, 0.3) is 0 Å². The van der Waals surface area contributed by atoms with E-state index in [1.807, 2.05) is 6.20 Å². The largest absolute Gasteiger partial charge is 0.353 e. The van der Waals surface area contributed by atoms with Crippen LogP contribution in [0.25, 0.3) is 0 Å². The van der Waals surface area contributed by atoms with Crippen LogP contribution in [-0.4, -0.2) is 36.5 Å². The molecule has 30 heavy (non-hydrogen) atoms. The van der Waals surface area contributed by atoms with Gasteiger partial charge >= 0.3 is 5.69 Å². The van der Waals surface area contributed by atoms with Gasteiger partial charge in [0.1, 0.15) is 11.6 Å². The third kappa shape index (κ3) is 4.84. The van der Waals surface area contributed by atoms with Gasteiger partial charge in [-0.05, 0) is 48.9 Å². The highest BCUT2D eigenvalue weighted by molar-refractivity contribution is 5.76. The molecule has 1 atom stereocenters. The van der Waals surface area contributed by atoms with Crippen LogP contribution in [0.2, 0.25) is 0 Å². The Balaban J connectivity index is 1.30. The molecule has 4 rings (SSSR count). The molecular formula is C21H25FN6O2. The third-order valence-electron chi connectivity index (χ3n) is 5.45. The number of amides is 1. The summed E-state index contributed by atoms with van der Waals surface area (Å²) in [6.45, 7) is 0.841. The molecule has 1 aliphatic rings. The molecule has 1 unspecified atom stereocenters. The summed E-state index contributed by atoms with van der Waals surface area (Å²) in [4.78, 5) is 25.0. The van der Waals surface area contributed by atoms with Crippen molar-refractivity contribution in [2.75, 3.05) is 0 Å². The van der Waals surface area contributed by atoms with Crippen LogP contribution in [0.4, 0.5) is 4.39 Å². The molecule has 2 N–H and O–H groups in total. The summed E-state index contributed by atoms with van der Waals surface area (Å²) in [6.07, 6.45) is 7.75. The Labute approximate surface area is 173 Å². The zero-order chi connectivity index (χ0) is 20.9. The number of hydrogen-bond acceptors (Lipinski definition) is 4. The molecule has 0 saturated heterocycles. The number of nitrogens with zero attached hydrogens (tertiary/aromatic N) is 4. The number of rotatable bonds is 7. The Morgan fingerprint density at radius 2 is 2.07 bits per heavy atom. The molecule has 0 aliphatic carbocycles. The number of aryl methyl sites for hydroxylation is 2. The van der Waals surface area contributed by atoms with Gasteiger partial charge in [0.2, 0.25) is 5.91 Å². The maximum Gasteiger partial charge on any atom is 0.346 e. The maximum absolute atomic E-state index is 13.1. The first kappa shape index (κ1) is 20.1. The van der Waals surface area contributed by atoms with Crippen molar-refractivity contribution in [3.63, 3.8) is 0 Å². The normalized spacial score (nSPS) is 16.1. The van der Waals surface area contributed by atoms with Gasteiger partial charge in [-0.3, -0.25) is 14.5 Å². The molecule has 1 aromatic carbocycles. The lowest BCUT2D eigenvalue weighted by Gasteiger charge is -2.16. The van der Waals surface area contributed by atoms with Crippen molar-refractivity contribution in [2.24, 2.45) is 0 Å². The topological polar surface area (TPSA) is 97.6 Å². The summed E-state index contributed by atoms with van der Waals surface area (Å²) in [6, 6.07) is 6.11. The second-order valence-corrected chi connectivity index (χ2v) is 7.69. The summed E-state index contributed by atoms with van der Waals surface area (Å²) < 4.78 is 16.2. The van der Waals surface area contributed by atoms with E-state index in [-0.39, 0.29) is 23.5 Å². The van der Waals surface area contributed by atoms with Crippen LogP contribution in [0.15, 0.2) is 41.5 Å². The van der Waals surface area contributed by atoms with E-state index in [9.17, 15) is 14.0 Å². The van der Waals surface area contributed by atoms with Gasteiger partial charge in [0.05, 0.1) is 12.7 Å². The van der Waals surface area contributed by atoms with E-state index in [4.69, 9.17) is 0 Å². The van der Waals surface area contributed by atoms with Gasteiger partial charge in [0.15, 0.2) is 0 Å². The van der Waals surface area contributed by atoms with E-state index in [0.29, 0.717) is 32.4 Å². The zero-order valence-electron chi connectivity index (χ0n) is 16.7. The lowest BCUT2D eigenvalue weighted by molar-refractivity contribution is -0.122. The minimum atomic E-state index is -0.304. The first-order valence-electron chi connectivity index (χ1n) is 10.3. The molecule has 0 bridgehead atoms. The predicted molar refractivity (Wildman–Crippen MR) is 108 cm³/mol. The smallest absolute Gasteiger partial charge is 0.346 e. The molecule has 3 heterocycles. The number of benzene rings is 1. The average molecular weight is 412 g/mol. The van der Waals surface area contributed by atoms with Crippen molar-refractivity contribution in [1.82, 2.24) is 29.9 Å².